The Morgan fingerprint density at radius 2 is 1.93 bits per heavy atom. The van der Waals surface area contributed by atoms with Crippen LogP contribution in [0.5, 0.6) is 5.75 Å². The maximum absolute atomic E-state index is 12.8. The maximum Gasteiger partial charge on any atom is 0.211 e. The van der Waals surface area contributed by atoms with Crippen molar-refractivity contribution in [3.8, 4) is 10.9 Å². The van der Waals surface area contributed by atoms with E-state index in [4.69, 9.17) is 9.72 Å². The Balaban J connectivity index is 1.59. The number of para-hydroxylation sites is 2. The minimum Gasteiger partial charge on any atom is -0.496 e. The summed E-state index contributed by atoms with van der Waals surface area (Å²) >= 11 is 1.59. The third kappa shape index (κ3) is 2.64. The zero-order valence-electron chi connectivity index (χ0n) is 14.8. The van der Waals surface area contributed by atoms with Gasteiger partial charge in [0.15, 0.2) is 5.78 Å². The molecule has 0 saturated heterocycles. The number of fused-ring (bicyclic) bond motifs is 2. The van der Waals surface area contributed by atoms with Crippen LogP contribution in [0.3, 0.4) is 0 Å². The lowest BCUT2D eigenvalue weighted by atomic mass is 9.82. The van der Waals surface area contributed by atoms with Crippen LogP contribution in [0.2, 0.25) is 0 Å². The summed E-state index contributed by atoms with van der Waals surface area (Å²) in [4.78, 5) is 17.5. The van der Waals surface area contributed by atoms with Crippen LogP contribution >= 0.6 is 11.3 Å². The zero-order valence-corrected chi connectivity index (χ0v) is 15.6. The van der Waals surface area contributed by atoms with Gasteiger partial charge in [-0.1, -0.05) is 41.7 Å². The average Bonchev–Trinajstić information content (AvgIpc) is 3.31. The Labute approximate surface area is 160 Å². The van der Waals surface area contributed by atoms with Gasteiger partial charge in [-0.05, 0) is 30.2 Å². The summed E-state index contributed by atoms with van der Waals surface area (Å²) in [5, 5.41) is 5.29. The first kappa shape index (κ1) is 16.2. The first-order chi connectivity index (χ1) is 13.2. The molecule has 2 aromatic heterocycles. The van der Waals surface area contributed by atoms with E-state index in [9.17, 15) is 4.79 Å². The number of nitrogens with zero attached hydrogens (tertiary/aromatic N) is 3. The smallest absolute Gasteiger partial charge is 0.211 e. The van der Waals surface area contributed by atoms with E-state index in [0.717, 1.165) is 38.8 Å². The van der Waals surface area contributed by atoms with Crippen molar-refractivity contribution in [3.05, 3.63) is 71.5 Å². The highest BCUT2D eigenvalue weighted by atomic mass is 32.1. The lowest BCUT2D eigenvalue weighted by Gasteiger charge is -2.23. The van der Waals surface area contributed by atoms with Crippen molar-refractivity contribution < 1.29 is 9.53 Å². The van der Waals surface area contributed by atoms with Crippen LogP contribution in [0.25, 0.3) is 15.3 Å². The summed E-state index contributed by atoms with van der Waals surface area (Å²) in [6.45, 7) is 0. The first-order valence-corrected chi connectivity index (χ1v) is 9.65. The summed E-state index contributed by atoms with van der Waals surface area (Å²) in [6, 6.07) is 16.0. The summed E-state index contributed by atoms with van der Waals surface area (Å²) in [5.41, 5.74) is 3.66. The van der Waals surface area contributed by atoms with Crippen LogP contribution in [0.1, 0.15) is 34.0 Å². The molecule has 1 atom stereocenters. The number of ether oxygens (including phenoxy) is 1. The predicted octanol–water partition coefficient (Wildman–Crippen LogP) is 4.40. The SMILES string of the molecule is COc1ccccc1[C@H]1CC(=O)c2cnn(-c3nc4ccccc4s3)c2C1. The second kappa shape index (κ2) is 6.32. The molecule has 27 heavy (non-hydrogen) atoms. The van der Waals surface area contributed by atoms with Crippen LogP contribution < -0.4 is 4.74 Å². The molecule has 0 radical (unpaired) electrons. The van der Waals surface area contributed by atoms with Gasteiger partial charge >= 0.3 is 0 Å². The number of thiazole rings is 1. The minimum absolute atomic E-state index is 0.0750. The van der Waals surface area contributed by atoms with Gasteiger partial charge < -0.3 is 4.74 Å². The molecule has 0 N–H and O–H groups in total. The van der Waals surface area contributed by atoms with E-state index >= 15 is 0 Å². The predicted molar refractivity (Wildman–Crippen MR) is 105 cm³/mol. The van der Waals surface area contributed by atoms with E-state index in [0.29, 0.717) is 12.0 Å². The number of carbonyl (C=O) groups is 1. The molecule has 4 aromatic rings. The molecule has 5 rings (SSSR count). The fourth-order valence-corrected chi connectivity index (χ4v) is 4.73. The van der Waals surface area contributed by atoms with Gasteiger partial charge in [-0.15, -0.1) is 0 Å². The molecule has 0 bridgehead atoms. The molecule has 0 spiro atoms. The molecule has 0 unspecified atom stereocenters. The third-order valence-electron chi connectivity index (χ3n) is 5.08. The molecule has 2 heterocycles. The number of benzene rings is 2. The Morgan fingerprint density at radius 3 is 2.78 bits per heavy atom. The van der Waals surface area contributed by atoms with Gasteiger partial charge in [0.1, 0.15) is 5.75 Å². The molecule has 0 saturated carbocycles. The number of hydrogen-bond donors (Lipinski definition) is 0. The van der Waals surface area contributed by atoms with Crippen LogP contribution in [-0.4, -0.2) is 27.7 Å². The summed E-state index contributed by atoms with van der Waals surface area (Å²) < 4.78 is 8.46. The monoisotopic (exact) mass is 375 g/mol. The minimum atomic E-state index is 0.0750. The number of aromatic nitrogens is 3. The Morgan fingerprint density at radius 1 is 1.11 bits per heavy atom. The van der Waals surface area contributed by atoms with Crippen molar-refractivity contribution in [3.63, 3.8) is 0 Å². The molecule has 134 valence electrons. The molecule has 0 aliphatic heterocycles. The number of ketones is 1. The van der Waals surface area contributed by atoms with Gasteiger partial charge in [-0.3, -0.25) is 4.79 Å². The molecular weight excluding hydrogens is 358 g/mol. The average molecular weight is 375 g/mol. The van der Waals surface area contributed by atoms with Crippen LogP contribution in [-0.2, 0) is 6.42 Å². The van der Waals surface area contributed by atoms with E-state index in [1.165, 1.54) is 0 Å². The largest absolute Gasteiger partial charge is 0.496 e. The quantitative estimate of drug-likeness (QED) is 0.532. The topological polar surface area (TPSA) is 57.0 Å². The van der Waals surface area contributed by atoms with Crippen molar-refractivity contribution in [2.45, 2.75) is 18.8 Å². The Bertz CT molecular complexity index is 1130. The fourth-order valence-electron chi connectivity index (χ4n) is 3.78. The Kier molecular flexibility index (Phi) is 3.79. The summed E-state index contributed by atoms with van der Waals surface area (Å²) in [5.74, 6) is 1.02. The summed E-state index contributed by atoms with van der Waals surface area (Å²) in [6.07, 6.45) is 2.89. The third-order valence-corrected chi connectivity index (χ3v) is 6.10. The second-order valence-electron chi connectivity index (χ2n) is 6.65. The number of hydrogen-bond acceptors (Lipinski definition) is 5. The summed E-state index contributed by atoms with van der Waals surface area (Å²) in [7, 11) is 1.67. The van der Waals surface area contributed by atoms with Crippen molar-refractivity contribution in [1.82, 2.24) is 14.8 Å². The molecule has 6 heteroatoms. The van der Waals surface area contributed by atoms with E-state index in [1.807, 2.05) is 47.1 Å². The van der Waals surface area contributed by atoms with Crippen LogP contribution in [0.15, 0.2) is 54.7 Å². The molecule has 2 aromatic carbocycles. The number of carbonyl (C=O) groups excluding carboxylic acids is 1. The molecular formula is C21H17N3O2S. The highest BCUT2D eigenvalue weighted by Crippen LogP contribution is 2.38. The second-order valence-corrected chi connectivity index (χ2v) is 7.66. The number of methoxy groups -OCH3 is 1. The molecule has 0 amide bonds. The van der Waals surface area contributed by atoms with E-state index in [2.05, 4.69) is 11.2 Å². The Hall–Kier alpha value is -2.99. The highest BCUT2D eigenvalue weighted by molar-refractivity contribution is 7.20. The van der Waals surface area contributed by atoms with E-state index < -0.39 is 0 Å². The van der Waals surface area contributed by atoms with Crippen LogP contribution in [0.4, 0.5) is 0 Å². The number of rotatable bonds is 3. The lowest BCUT2D eigenvalue weighted by Crippen LogP contribution is -2.20. The maximum atomic E-state index is 12.8. The van der Waals surface area contributed by atoms with Gasteiger partial charge in [-0.25, -0.2) is 9.67 Å². The molecule has 1 aliphatic carbocycles. The van der Waals surface area contributed by atoms with E-state index in [1.54, 1.807) is 24.6 Å². The fraction of sp³-hybridized carbons (Fsp3) is 0.190. The van der Waals surface area contributed by atoms with Gasteiger partial charge in [0.05, 0.1) is 34.8 Å². The van der Waals surface area contributed by atoms with Crippen molar-refractivity contribution in [2.24, 2.45) is 0 Å². The molecule has 0 fully saturated rings. The van der Waals surface area contributed by atoms with Gasteiger partial charge in [0, 0.05) is 12.3 Å². The molecule has 5 nitrogen and oxygen atoms in total. The highest BCUT2D eigenvalue weighted by Gasteiger charge is 2.32. The van der Waals surface area contributed by atoms with Crippen LogP contribution in [0, 0.1) is 0 Å². The molecule has 1 aliphatic rings. The first-order valence-electron chi connectivity index (χ1n) is 8.83. The lowest BCUT2D eigenvalue weighted by molar-refractivity contribution is 0.0963. The van der Waals surface area contributed by atoms with E-state index in [-0.39, 0.29) is 11.7 Å². The van der Waals surface area contributed by atoms with Crippen molar-refractivity contribution in [1.29, 1.82) is 0 Å². The van der Waals surface area contributed by atoms with Gasteiger partial charge in [0.25, 0.3) is 0 Å². The number of Topliss-reactive ketones (excluding diaryl/α,β-unsaturated/α-hetero) is 1. The van der Waals surface area contributed by atoms with Gasteiger partial charge in [0.2, 0.25) is 5.13 Å². The zero-order chi connectivity index (χ0) is 18.4. The standard InChI is InChI=1S/C21H17N3O2S/c1-26-19-8-4-2-6-14(19)13-10-17-15(18(25)11-13)12-22-24(17)21-23-16-7-3-5-9-20(16)27-21/h2-9,12-13H,10-11H2,1H3/t13-/m1/s1. The van der Waals surface area contributed by atoms with Crippen molar-refractivity contribution in [2.75, 3.05) is 7.11 Å². The normalized spacial score (nSPS) is 16.5. The van der Waals surface area contributed by atoms with Gasteiger partial charge in [-0.2, -0.15) is 5.10 Å². The van der Waals surface area contributed by atoms with Crippen molar-refractivity contribution >= 4 is 27.3 Å².